The lowest BCUT2D eigenvalue weighted by atomic mass is 10.2. The molecular formula is C18H21NO. The van der Waals surface area contributed by atoms with Crippen LogP contribution in [0.2, 0.25) is 0 Å². The number of para-hydroxylation sites is 1. The lowest BCUT2D eigenvalue weighted by molar-refractivity contribution is 0.417. The van der Waals surface area contributed by atoms with Crippen molar-refractivity contribution in [1.29, 1.82) is 0 Å². The van der Waals surface area contributed by atoms with Crippen LogP contribution in [0.25, 0.3) is 6.08 Å². The van der Waals surface area contributed by atoms with E-state index in [1.807, 2.05) is 42.5 Å². The Morgan fingerprint density at radius 2 is 1.55 bits per heavy atom. The smallest absolute Gasteiger partial charge is 0.127 e. The Kier molecular flexibility index (Phi) is 5.39. The molecule has 0 aliphatic carbocycles. The zero-order valence-electron chi connectivity index (χ0n) is 12.1. The molecule has 0 radical (unpaired) electrons. The van der Waals surface area contributed by atoms with Crippen LogP contribution in [0, 0.1) is 0 Å². The van der Waals surface area contributed by atoms with Gasteiger partial charge in [0.1, 0.15) is 11.5 Å². The molecule has 0 fully saturated rings. The molecule has 0 aliphatic rings. The normalized spacial score (nSPS) is 11.2. The van der Waals surface area contributed by atoms with E-state index in [9.17, 15) is 0 Å². The van der Waals surface area contributed by atoms with Crippen molar-refractivity contribution in [3.05, 3.63) is 66.2 Å². The lowest BCUT2D eigenvalue weighted by Gasteiger charge is -2.06. The number of rotatable bonds is 6. The molecule has 0 amide bonds. The first-order chi connectivity index (χ1) is 9.74. The minimum Gasteiger partial charge on any atom is -0.457 e. The first-order valence-corrected chi connectivity index (χ1v) is 6.88. The van der Waals surface area contributed by atoms with E-state index >= 15 is 0 Å². The van der Waals surface area contributed by atoms with Crippen LogP contribution in [0.5, 0.6) is 11.5 Å². The summed E-state index contributed by atoms with van der Waals surface area (Å²) in [4.78, 5) is 2.18. The molecule has 2 aromatic carbocycles. The Morgan fingerprint density at radius 3 is 2.20 bits per heavy atom. The highest BCUT2D eigenvalue weighted by atomic mass is 16.5. The van der Waals surface area contributed by atoms with Crippen molar-refractivity contribution >= 4 is 6.08 Å². The van der Waals surface area contributed by atoms with E-state index in [0.717, 1.165) is 24.5 Å². The van der Waals surface area contributed by atoms with E-state index in [-0.39, 0.29) is 0 Å². The van der Waals surface area contributed by atoms with Gasteiger partial charge in [-0.25, -0.2) is 0 Å². The van der Waals surface area contributed by atoms with Gasteiger partial charge in [-0.2, -0.15) is 0 Å². The van der Waals surface area contributed by atoms with Crippen LogP contribution in [-0.2, 0) is 0 Å². The maximum absolute atomic E-state index is 5.76. The molecule has 0 unspecified atom stereocenters. The monoisotopic (exact) mass is 267 g/mol. The van der Waals surface area contributed by atoms with Crippen LogP contribution in [0.15, 0.2) is 60.7 Å². The van der Waals surface area contributed by atoms with Gasteiger partial charge < -0.3 is 9.64 Å². The quantitative estimate of drug-likeness (QED) is 0.767. The fourth-order valence-corrected chi connectivity index (χ4v) is 1.82. The topological polar surface area (TPSA) is 12.5 Å². The zero-order valence-corrected chi connectivity index (χ0v) is 12.1. The third kappa shape index (κ3) is 4.90. The van der Waals surface area contributed by atoms with Crippen molar-refractivity contribution in [2.45, 2.75) is 6.42 Å². The Balaban J connectivity index is 1.90. The Bertz CT molecular complexity index is 529. The number of hydrogen-bond acceptors (Lipinski definition) is 2. The maximum atomic E-state index is 5.76. The number of benzene rings is 2. The molecule has 0 heterocycles. The Hall–Kier alpha value is -2.06. The summed E-state index contributed by atoms with van der Waals surface area (Å²) < 4.78 is 5.76. The minimum absolute atomic E-state index is 0.863. The molecule has 0 N–H and O–H groups in total. The first kappa shape index (κ1) is 14.4. The molecule has 0 saturated heterocycles. The summed E-state index contributed by atoms with van der Waals surface area (Å²) in [6.45, 7) is 1.08. The Labute approximate surface area is 121 Å². The van der Waals surface area contributed by atoms with Crippen LogP contribution in [-0.4, -0.2) is 25.5 Å². The van der Waals surface area contributed by atoms with E-state index < -0.39 is 0 Å². The maximum Gasteiger partial charge on any atom is 0.127 e. The zero-order chi connectivity index (χ0) is 14.2. The van der Waals surface area contributed by atoms with Gasteiger partial charge in [0.2, 0.25) is 0 Å². The largest absolute Gasteiger partial charge is 0.457 e. The summed E-state index contributed by atoms with van der Waals surface area (Å²) in [5.41, 5.74) is 1.20. The van der Waals surface area contributed by atoms with Gasteiger partial charge in [-0.05, 0) is 50.3 Å². The number of ether oxygens (including phenoxy) is 1. The fraction of sp³-hybridized carbons (Fsp3) is 0.222. The van der Waals surface area contributed by atoms with Gasteiger partial charge in [0, 0.05) is 6.54 Å². The van der Waals surface area contributed by atoms with Crippen LogP contribution >= 0.6 is 0 Å². The van der Waals surface area contributed by atoms with Gasteiger partial charge in [-0.1, -0.05) is 42.5 Å². The molecule has 2 aromatic rings. The number of hydrogen-bond donors (Lipinski definition) is 0. The number of nitrogens with zero attached hydrogens (tertiary/aromatic N) is 1. The van der Waals surface area contributed by atoms with Crippen LogP contribution in [0.1, 0.15) is 12.0 Å². The highest BCUT2D eigenvalue weighted by Crippen LogP contribution is 2.21. The molecule has 2 nitrogen and oxygen atoms in total. The van der Waals surface area contributed by atoms with Crippen LogP contribution in [0.4, 0.5) is 0 Å². The van der Waals surface area contributed by atoms with Crippen molar-refractivity contribution in [3.63, 3.8) is 0 Å². The summed E-state index contributed by atoms with van der Waals surface area (Å²) in [5.74, 6) is 1.73. The highest BCUT2D eigenvalue weighted by Gasteiger charge is 1.95. The van der Waals surface area contributed by atoms with Crippen LogP contribution in [0.3, 0.4) is 0 Å². The minimum atomic E-state index is 0.863. The van der Waals surface area contributed by atoms with Gasteiger partial charge >= 0.3 is 0 Å². The predicted octanol–water partition coefficient (Wildman–Crippen LogP) is 4.44. The molecule has 0 aromatic heterocycles. The molecular weight excluding hydrogens is 246 g/mol. The summed E-state index contributed by atoms with van der Waals surface area (Å²) in [6.07, 6.45) is 5.41. The molecule has 0 atom stereocenters. The molecule has 2 heteroatoms. The first-order valence-electron chi connectivity index (χ1n) is 6.88. The van der Waals surface area contributed by atoms with E-state index in [4.69, 9.17) is 4.74 Å². The summed E-state index contributed by atoms with van der Waals surface area (Å²) in [5, 5.41) is 0. The van der Waals surface area contributed by atoms with Crippen molar-refractivity contribution in [1.82, 2.24) is 4.90 Å². The third-order valence-electron chi connectivity index (χ3n) is 2.91. The summed E-state index contributed by atoms with van der Waals surface area (Å²) in [6, 6.07) is 18.0. The molecule has 0 spiro atoms. The van der Waals surface area contributed by atoms with E-state index in [1.54, 1.807) is 0 Å². The van der Waals surface area contributed by atoms with Crippen molar-refractivity contribution < 1.29 is 4.74 Å². The summed E-state index contributed by atoms with van der Waals surface area (Å²) >= 11 is 0. The van der Waals surface area contributed by atoms with Gasteiger partial charge in [-0.15, -0.1) is 0 Å². The van der Waals surface area contributed by atoms with Gasteiger partial charge in [-0.3, -0.25) is 0 Å². The SMILES string of the molecule is CN(C)CCC=Cc1ccc(Oc2ccccc2)cc1. The molecule has 2 rings (SSSR count). The second-order valence-corrected chi connectivity index (χ2v) is 4.98. The lowest BCUT2D eigenvalue weighted by Crippen LogP contribution is -2.11. The van der Waals surface area contributed by atoms with Crippen molar-refractivity contribution in [3.8, 4) is 11.5 Å². The van der Waals surface area contributed by atoms with Crippen LogP contribution < -0.4 is 4.74 Å². The second kappa shape index (κ2) is 7.51. The molecule has 104 valence electrons. The fourth-order valence-electron chi connectivity index (χ4n) is 1.82. The Morgan fingerprint density at radius 1 is 0.900 bits per heavy atom. The molecule has 0 aliphatic heterocycles. The highest BCUT2D eigenvalue weighted by molar-refractivity contribution is 5.50. The second-order valence-electron chi connectivity index (χ2n) is 4.98. The molecule has 20 heavy (non-hydrogen) atoms. The summed E-state index contributed by atoms with van der Waals surface area (Å²) in [7, 11) is 4.17. The van der Waals surface area contributed by atoms with E-state index in [2.05, 4.69) is 43.3 Å². The standard InChI is InChI=1S/C18H21NO/c1-19(2)15-7-6-8-16-11-13-18(14-12-16)20-17-9-4-3-5-10-17/h3-6,8-14H,7,15H2,1-2H3. The predicted molar refractivity (Wildman–Crippen MR) is 85.2 cm³/mol. The van der Waals surface area contributed by atoms with E-state index in [0.29, 0.717) is 0 Å². The van der Waals surface area contributed by atoms with Crippen molar-refractivity contribution in [2.75, 3.05) is 20.6 Å². The average Bonchev–Trinajstić information content (AvgIpc) is 2.46. The van der Waals surface area contributed by atoms with Gasteiger partial charge in [0.15, 0.2) is 0 Å². The van der Waals surface area contributed by atoms with Crippen molar-refractivity contribution in [2.24, 2.45) is 0 Å². The van der Waals surface area contributed by atoms with Gasteiger partial charge in [0.25, 0.3) is 0 Å². The molecule has 0 saturated carbocycles. The third-order valence-corrected chi connectivity index (χ3v) is 2.91. The molecule has 0 bridgehead atoms. The van der Waals surface area contributed by atoms with Gasteiger partial charge in [0.05, 0.1) is 0 Å². The van der Waals surface area contributed by atoms with E-state index in [1.165, 1.54) is 5.56 Å². The average molecular weight is 267 g/mol.